The molecule has 0 fully saturated rings. The second-order valence-electron chi connectivity index (χ2n) is 16.6. The maximum Gasteiger partial charge on any atom is 0.161 e. The van der Waals surface area contributed by atoms with E-state index in [4.69, 9.17) is 8.83 Å². The average molecular weight is 621 g/mol. The molecule has 44 heavy (non-hydrogen) atoms. The highest BCUT2D eigenvalue weighted by Gasteiger charge is 2.26. The highest BCUT2D eigenvalue weighted by molar-refractivity contribution is 7.40. The van der Waals surface area contributed by atoms with E-state index in [1.807, 2.05) is 0 Å². The average Bonchev–Trinajstić information content (AvgIpc) is 3.53. The van der Waals surface area contributed by atoms with Gasteiger partial charge in [-0.2, -0.15) is 0 Å². The Morgan fingerprint density at radius 1 is 0.432 bits per heavy atom. The van der Waals surface area contributed by atoms with Crippen molar-refractivity contribution in [2.75, 3.05) is 0 Å². The Morgan fingerprint density at radius 2 is 0.795 bits per heavy atom. The third kappa shape index (κ3) is 5.77. The molecule has 0 aliphatic heterocycles. The Hall–Kier alpha value is -2.92. The minimum absolute atomic E-state index is 0.0396. The fourth-order valence-corrected chi connectivity index (χ4v) is 8.54. The van der Waals surface area contributed by atoms with Crippen molar-refractivity contribution in [3.63, 3.8) is 0 Å². The van der Waals surface area contributed by atoms with Gasteiger partial charge in [0.15, 0.2) is 11.0 Å². The minimum Gasteiger partial charge on any atom is -0.451 e. The molecule has 0 spiro atoms. The van der Waals surface area contributed by atoms with E-state index in [1.165, 1.54) is 43.3 Å². The summed E-state index contributed by atoms with van der Waals surface area (Å²) in [6.45, 7) is 27.4. The van der Waals surface area contributed by atoms with E-state index in [9.17, 15) is 0 Å². The first-order chi connectivity index (χ1) is 20.3. The molecule has 2 aromatic heterocycles. The summed E-state index contributed by atoms with van der Waals surface area (Å²) in [5.74, 6) is 0. The summed E-state index contributed by atoms with van der Waals surface area (Å²) in [5, 5.41) is 5.01. The fourth-order valence-electron chi connectivity index (χ4n) is 5.83. The Labute approximate surface area is 266 Å². The second-order valence-corrected chi connectivity index (χ2v) is 18.7. The highest BCUT2D eigenvalue weighted by atomic mass is 31.0. The number of hydrogen-bond acceptors (Lipinski definition) is 2. The van der Waals surface area contributed by atoms with Gasteiger partial charge in [-0.15, -0.1) is 0 Å². The molecule has 0 atom stereocenters. The maximum absolute atomic E-state index is 6.61. The molecule has 0 aliphatic rings. The highest BCUT2D eigenvalue weighted by Crippen LogP contribution is 2.47. The van der Waals surface area contributed by atoms with E-state index in [2.05, 4.69) is 144 Å². The summed E-state index contributed by atoms with van der Waals surface area (Å²) >= 11 is 0. The quantitative estimate of drug-likeness (QED) is 0.192. The van der Waals surface area contributed by atoms with Crippen LogP contribution >= 0.6 is 16.4 Å². The van der Waals surface area contributed by atoms with Gasteiger partial charge in [0.2, 0.25) is 0 Å². The van der Waals surface area contributed by atoms with Crippen LogP contribution in [-0.4, -0.2) is 0 Å². The minimum atomic E-state index is 0.0396. The Kier molecular flexibility index (Phi) is 7.28. The molecule has 6 aromatic rings. The van der Waals surface area contributed by atoms with Crippen molar-refractivity contribution >= 4 is 48.6 Å². The summed E-state index contributed by atoms with van der Waals surface area (Å²) < 4.78 is 13.2. The van der Waals surface area contributed by atoms with Gasteiger partial charge < -0.3 is 8.83 Å². The van der Waals surface area contributed by atoms with Crippen molar-refractivity contribution in [3.8, 4) is 22.1 Å². The number of hydrogen-bond donors (Lipinski definition) is 0. The predicted molar refractivity (Wildman–Crippen MR) is 194 cm³/mol. The molecule has 0 bridgehead atoms. The van der Waals surface area contributed by atoms with E-state index in [-0.39, 0.29) is 21.7 Å². The van der Waals surface area contributed by atoms with Gasteiger partial charge in [-0.3, -0.25) is 0 Å². The van der Waals surface area contributed by atoms with E-state index in [1.54, 1.807) is 0 Å². The van der Waals surface area contributed by atoms with Crippen LogP contribution < -0.4 is 0 Å². The van der Waals surface area contributed by atoms with Crippen molar-refractivity contribution in [2.45, 2.75) is 105 Å². The normalized spacial score (nSPS) is 13.8. The van der Waals surface area contributed by atoms with Crippen LogP contribution in [0.25, 0.3) is 54.3 Å². The van der Waals surface area contributed by atoms with Crippen molar-refractivity contribution in [2.24, 2.45) is 0 Å². The smallest absolute Gasteiger partial charge is 0.161 e. The van der Waals surface area contributed by atoms with E-state index in [0.29, 0.717) is 0 Å². The Bertz CT molecular complexity index is 1900. The zero-order chi connectivity index (χ0) is 32.0. The van der Waals surface area contributed by atoms with Crippen LogP contribution in [0.5, 0.6) is 0 Å². The molecule has 0 saturated heterocycles. The molecule has 6 rings (SSSR count). The maximum atomic E-state index is 6.61. The molecule has 4 heteroatoms. The molecule has 0 saturated carbocycles. The standard InChI is InChI=1S/C40H46O2P2/c1-37(2,3)27-19-29(39(7,8)9)33-31(21-27)41-35(43-33)25-15-13-24-18-26(16-14-23(24)17-25)36-42-32-22-28(38(4,5)6)20-30(34(32)44-36)40(10,11)12/h13-22H,1-12H3. The zero-order valence-electron chi connectivity index (χ0n) is 28.5. The summed E-state index contributed by atoms with van der Waals surface area (Å²) in [6.07, 6.45) is 0. The van der Waals surface area contributed by atoms with Crippen molar-refractivity contribution < 1.29 is 8.83 Å². The molecule has 228 valence electrons. The summed E-state index contributed by atoms with van der Waals surface area (Å²) in [6, 6.07) is 22.7. The SMILES string of the molecule is CC(C)(C)c1cc(C(C)(C)C)c2pc(-c3ccc4cc(-c5oc6cc(C(C)(C)C)cc(C(C)(C)C)c6p5)ccc4c3)oc2c1. The molecule has 2 nitrogen and oxygen atoms in total. The van der Waals surface area contributed by atoms with Gasteiger partial charge in [-0.1, -0.05) is 119 Å². The zero-order valence-corrected chi connectivity index (χ0v) is 30.3. The largest absolute Gasteiger partial charge is 0.451 e. The predicted octanol–water partition coefficient (Wildman–Crippen LogP) is 14.0. The lowest BCUT2D eigenvalue weighted by atomic mass is 9.80. The molecule has 2 heterocycles. The number of rotatable bonds is 2. The van der Waals surface area contributed by atoms with E-state index in [0.717, 1.165) is 49.7 Å². The van der Waals surface area contributed by atoms with E-state index >= 15 is 0 Å². The third-order valence-electron chi connectivity index (χ3n) is 8.67. The third-order valence-corrected chi connectivity index (χ3v) is 11.1. The van der Waals surface area contributed by atoms with Crippen LogP contribution in [0.3, 0.4) is 0 Å². The van der Waals surface area contributed by atoms with Crippen molar-refractivity contribution in [3.05, 3.63) is 82.9 Å². The topological polar surface area (TPSA) is 26.3 Å². The van der Waals surface area contributed by atoms with E-state index < -0.39 is 0 Å². The lowest BCUT2D eigenvalue weighted by Crippen LogP contribution is -2.16. The molecule has 0 amide bonds. The number of fused-ring (bicyclic) bond motifs is 3. The fraction of sp³-hybridized carbons (Fsp3) is 0.400. The molecular weight excluding hydrogens is 574 g/mol. The molecule has 0 N–H and O–H groups in total. The summed E-state index contributed by atoms with van der Waals surface area (Å²) in [7, 11) is 2.27. The van der Waals surface area contributed by atoms with Crippen molar-refractivity contribution in [1.29, 1.82) is 0 Å². The van der Waals surface area contributed by atoms with Crippen LogP contribution in [0, 0.1) is 0 Å². The molecule has 0 radical (unpaired) electrons. The van der Waals surface area contributed by atoms with Gasteiger partial charge >= 0.3 is 0 Å². The van der Waals surface area contributed by atoms with Gasteiger partial charge in [-0.25, -0.2) is 0 Å². The molecule has 0 aliphatic carbocycles. The molecular formula is C40H46O2P2. The van der Waals surface area contributed by atoms with Gasteiger partial charge in [0.1, 0.15) is 11.2 Å². The Morgan fingerprint density at radius 3 is 1.11 bits per heavy atom. The van der Waals surface area contributed by atoms with Crippen LogP contribution in [0.15, 0.2) is 69.5 Å². The lowest BCUT2D eigenvalue weighted by molar-refractivity contribution is 0.567. The van der Waals surface area contributed by atoms with Gasteiger partial charge in [-0.05, 0) is 95.3 Å². The Balaban J connectivity index is 1.42. The second kappa shape index (κ2) is 10.3. The monoisotopic (exact) mass is 620 g/mol. The molecule has 0 unspecified atom stereocenters. The number of benzene rings is 4. The van der Waals surface area contributed by atoms with Crippen LogP contribution in [0.1, 0.15) is 105 Å². The van der Waals surface area contributed by atoms with Crippen LogP contribution in [0.4, 0.5) is 0 Å². The van der Waals surface area contributed by atoms with Crippen LogP contribution in [0.2, 0.25) is 0 Å². The first-order valence-corrected chi connectivity index (χ1v) is 17.5. The van der Waals surface area contributed by atoms with Crippen LogP contribution in [-0.2, 0) is 21.7 Å². The van der Waals surface area contributed by atoms with Gasteiger partial charge in [0, 0.05) is 11.1 Å². The summed E-state index contributed by atoms with van der Waals surface area (Å²) in [4.78, 5) is 0. The lowest BCUT2D eigenvalue weighted by Gasteiger charge is -2.25. The molecule has 4 aromatic carbocycles. The summed E-state index contributed by atoms with van der Waals surface area (Å²) in [5.41, 5.74) is 11.9. The first-order valence-electron chi connectivity index (χ1n) is 15.7. The first kappa shape index (κ1) is 31.1. The van der Waals surface area contributed by atoms with Crippen molar-refractivity contribution in [1.82, 2.24) is 0 Å². The van der Waals surface area contributed by atoms with Gasteiger partial charge in [0.25, 0.3) is 0 Å². The van der Waals surface area contributed by atoms with Gasteiger partial charge in [0.05, 0.1) is 10.2 Å².